The van der Waals surface area contributed by atoms with Crippen LogP contribution < -0.4 is 4.57 Å². The molecule has 3 aromatic rings. The van der Waals surface area contributed by atoms with E-state index in [-0.39, 0.29) is 6.10 Å². The minimum absolute atomic E-state index is 0.0990. The Labute approximate surface area is 173 Å². The molecule has 0 amide bonds. The van der Waals surface area contributed by atoms with Crippen molar-refractivity contribution in [2.24, 2.45) is 0 Å². The van der Waals surface area contributed by atoms with E-state index in [1.807, 2.05) is 0 Å². The lowest BCUT2D eigenvalue weighted by Gasteiger charge is -2.23. The Kier molecular flexibility index (Phi) is 5.24. The van der Waals surface area contributed by atoms with Gasteiger partial charge in [0.2, 0.25) is 0 Å². The standard InChI is InChI=1S/C26H31N2O/c29-24-16-14-23(15-17-24)28-19-25(27-18-6-2-5-9-26(27)28)22-12-10-21(11-13-22)20-7-3-1-4-8-20/h1,3-4,7-8,10-13,19,23-24,29H,2,5-6,9,14-18H2/q+1. The maximum absolute atomic E-state index is 9.95. The number of hydrogen-bond donors (Lipinski definition) is 1. The van der Waals surface area contributed by atoms with Crippen LogP contribution in [-0.4, -0.2) is 15.8 Å². The first-order chi connectivity index (χ1) is 14.3. The topological polar surface area (TPSA) is 29.0 Å². The highest BCUT2D eigenvalue weighted by Gasteiger charge is 2.32. The molecule has 0 atom stereocenters. The van der Waals surface area contributed by atoms with Crippen molar-refractivity contribution in [3.63, 3.8) is 0 Å². The molecular weight excluding hydrogens is 356 g/mol. The molecule has 0 radical (unpaired) electrons. The van der Waals surface area contributed by atoms with E-state index in [0.717, 1.165) is 32.2 Å². The van der Waals surface area contributed by atoms with Gasteiger partial charge in [-0.15, -0.1) is 0 Å². The second-order valence-corrected chi connectivity index (χ2v) is 8.71. The number of nitrogens with zero attached hydrogens (tertiary/aromatic N) is 2. The minimum Gasteiger partial charge on any atom is -0.393 e. The normalized spacial score (nSPS) is 22.1. The van der Waals surface area contributed by atoms with Gasteiger partial charge in [0, 0.05) is 12.0 Å². The predicted octanol–water partition coefficient (Wildman–Crippen LogP) is 5.31. The molecule has 3 heteroatoms. The maximum Gasteiger partial charge on any atom is 0.257 e. The Bertz CT molecular complexity index is 950. The van der Waals surface area contributed by atoms with E-state index in [1.54, 1.807) is 0 Å². The number of hydrogen-bond acceptors (Lipinski definition) is 1. The highest BCUT2D eigenvalue weighted by molar-refractivity contribution is 5.68. The van der Waals surface area contributed by atoms with Crippen molar-refractivity contribution in [1.82, 2.24) is 4.57 Å². The number of benzene rings is 2. The summed E-state index contributed by atoms with van der Waals surface area (Å²) in [4.78, 5) is 0. The van der Waals surface area contributed by atoms with E-state index < -0.39 is 0 Å². The number of aliphatic hydroxyl groups excluding tert-OH is 1. The first kappa shape index (κ1) is 18.6. The van der Waals surface area contributed by atoms with Gasteiger partial charge >= 0.3 is 0 Å². The Morgan fingerprint density at radius 2 is 1.45 bits per heavy atom. The van der Waals surface area contributed by atoms with Crippen molar-refractivity contribution >= 4 is 0 Å². The molecule has 5 rings (SSSR count). The summed E-state index contributed by atoms with van der Waals surface area (Å²) in [6, 6.07) is 20.2. The van der Waals surface area contributed by atoms with Gasteiger partial charge in [0.15, 0.2) is 5.69 Å². The van der Waals surface area contributed by atoms with E-state index in [0.29, 0.717) is 6.04 Å². The lowest BCUT2D eigenvalue weighted by atomic mass is 9.93. The average Bonchev–Trinajstić information content (AvgIpc) is 2.96. The molecule has 29 heavy (non-hydrogen) atoms. The zero-order valence-electron chi connectivity index (χ0n) is 17.1. The second-order valence-electron chi connectivity index (χ2n) is 8.71. The van der Waals surface area contributed by atoms with Crippen LogP contribution in [0.1, 0.15) is 56.8 Å². The van der Waals surface area contributed by atoms with Crippen LogP contribution in [0.2, 0.25) is 0 Å². The molecule has 2 heterocycles. The first-order valence-electron chi connectivity index (χ1n) is 11.3. The third-order valence-electron chi connectivity index (χ3n) is 6.79. The summed E-state index contributed by atoms with van der Waals surface area (Å²) in [7, 11) is 0. The number of aromatic nitrogens is 2. The van der Waals surface area contributed by atoms with Gasteiger partial charge in [-0.2, -0.15) is 0 Å². The quantitative estimate of drug-likeness (QED) is 0.606. The number of aliphatic hydroxyl groups is 1. The van der Waals surface area contributed by atoms with Crippen LogP contribution in [-0.2, 0) is 13.0 Å². The van der Waals surface area contributed by atoms with Crippen molar-refractivity contribution in [1.29, 1.82) is 0 Å². The van der Waals surface area contributed by atoms with Gasteiger partial charge in [-0.3, -0.25) is 0 Å². The van der Waals surface area contributed by atoms with Crippen LogP contribution in [0.5, 0.6) is 0 Å². The summed E-state index contributed by atoms with van der Waals surface area (Å²) < 4.78 is 5.15. The zero-order valence-corrected chi connectivity index (χ0v) is 17.1. The van der Waals surface area contributed by atoms with Gasteiger partial charge in [0.1, 0.15) is 12.2 Å². The van der Waals surface area contributed by atoms with Gasteiger partial charge < -0.3 is 5.11 Å². The molecule has 1 fully saturated rings. The predicted molar refractivity (Wildman–Crippen MR) is 117 cm³/mol. The molecule has 3 nitrogen and oxygen atoms in total. The summed E-state index contributed by atoms with van der Waals surface area (Å²) in [6.07, 6.45) is 11.4. The van der Waals surface area contributed by atoms with Crippen molar-refractivity contribution in [2.45, 2.75) is 70.1 Å². The van der Waals surface area contributed by atoms with E-state index in [2.05, 4.69) is 69.9 Å². The third kappa shape index (κ3) is 3.76. The largest absolute Gasteiger partial charge is 0.393 e. The molecule has 1 N–H and O–H groups in total. The fourth-order valence-electron chi connectivity index (χ4n) is 5.14. The number of rotatable bonds is 3. The van der Waals surface area contributed by atoms with Crippen LogP contribution >= 0.6 is 0 Å². The smallest absolute Gasteiger partial charge is 0.257 e. The lowest BCUT2D eigenvalue weighted by Crippen LogP contribution is -2.44. The molecule has 0 spiro atoms. The van der Waals surface area contributed by atoms with Crippen molar-refractivity contribution in [3.05, 3.63) is 66.6 Å². The van der Waals surface area contributed by atoms with Crippen LogP contribution in [0.4, 0.5) is 0 Å². The van der Waals surface area contributed by atoms with Crippen LogP contribution in [0.3, 0.4) is 0 Å². The average molecular weight is 388 g/mol. The second kappa shape index (κ2) is 8.16. The monoisotopic (exact) mass is 387 g/mol. The number of imidazole rings is 1. The molecule has 1 aromatic heterocycles. The molecule has 0 bridgehead atoms. The fraction of sp³-hybridized carbons (Fsp3) is 0.423. The molecule has 0 unspecified atom stereocenters. The van der Waals surface area contributed by atoms with E-state index in [9.17, 15) is 5.11 Å². The van der Waals surface area contributed by atoms with Gasteiger partial charge in [0.05, 0.1) is 12.6 Å². The Hall–Kier alpha value is -2.39. The molecule has 1 saturated carbocycles. The highest BCUT2D eigenvalue weighted by Crippen LogP contribution is 2.30. The van der Waals surface area contributed by atoms with Crippen LogP contribution in [0.25, 0.3) is 22.4 Å². The molecule has 2 aromatic carbocycles. The molecule has 2 aliphatic rings. The van der Waals surface area contributed by atoms with Crippen molar-refractivity contribution < 1.29 is 9.67 Å². The van der Waals surface area contributed by atoms with Gasteiger partial charge in [-0.1, -0.05) is 42.5 Å². The summed E-state index contributed by atoms with van der Waals surface area (Å²) >= 11 is 0. The summed E-state index contributed by atoms with van der Waals surface area (Å²) in [5.41, 5.74) is 5.20. The molecule has 1 aliphatic heterocycles. The molecule has 150 valence electrons. The van der Waals surface area contributed by atoms with E-state index in [1.165, 1.54) is 53.9 Å². The van der Waals surface area contributed by atoms with Gasteiger partial charge in [0.25, 0.3) is 5.82 Å². The summed E-state index contributed by atoms with van der Waals surface area (Å²) in [6.45, 7) is 1.12. The van der Waals surface area contributed by atoms with Gasteiger partial charge in [-0.25, -0.2) is 9.13 Å². The van der Waals surface area contributed by atoms with E-state index >= 15 is 0 Å². The Balaban J connectivity index is 1.51. The first-order valence-corrected chi connectivity index (χ1v) is 11.3. The van der Waals surface area contributed by atoms with Crippen LogP contribution in [0, 0.1) is 0 Å². The Morgan fingerprint density at radius 1 is 0.759 bits per heavy atom. The summed E-state index contributed by atoms with van der Waals surface area (Å²) in [5, 5.41) is 9.95. The van der Waals surface area contributed by atoms with E-state index in [4.69, 9.17) is 0 Å². The minimum atomic E-state index is -0.0990. The van der Waals surface area contributed by atoms with Crippen molar-refractivity contribution in [3.8, 4) is 22.4 Å². The SMILES string of the molecule is OC1CCC([n+]2cc(-c3ccc(-c4ccccc4)cc3)n3c2CCCCC3)CC1. The molecule has 1 aliphatic carbocycles. The lowest BCUT2D eigenvalue weighted by molar-refractivity contribution is -0.732. The maximum atomic E-state index is 9.95. The van der Waals surface area contributed by atoms with Gasteiger partial charge in [-0.05, 0) is 68.2 Å². The highest BCUT2D eigenvalue weighted by atomic mass is 16.3. The third-order valence-corrected chi connectivity index (χ3v) is 6.79. The number of fused-ring (bicyclic) bond motifs is 1. The molecular formula is C26H31N2O+. The van der Waals surface area contributed by atoms with Crippen molar-refractivity contribution in [2.75, 3.05) is 0 Å². The summed E-state index contributed by atoms with van der Waals surface area (Å²) in [5.74, 6) is 1.49. The fourth-order valence-corrected chi connectivity index (χ4v) is 5.14. The Morgan fingerprint density at radius 3 is 2.21 bits per heavy atom. The molecule has 0 saturated heterocycles. The zero-order chi connectivity index (χ0) is 19.6. The van der Waals surface area contributed by atoms with Crippen LogP contribution in [0.15, 0.2) is 60.8 Å².